The van der Waals surface area contributed by atoms with E-state index in [0.29, 0.717) is 12.2 Å². The maximum atomic E-state index is 12.4. The second kappa shape index (κ2) is 6.62. The van der Waals surface area contributed by atoms with Crippen LogP contribution in [0.4, 0.5) is 0 Å². The number of hydrogen-bond donors (Lipinski definition) is 2. The van der Waals surface area contributed by atoms with Crippen molar-refractivity contribution in [3.63, 3.8) is 0 Å². The number of furan rings is 1. The van der Waals surface area contributed by atoms with E-state index >= 15 is 0 Å². The molecule has 3 rings (SSSR count). The molecule has 1 aromatic heterocycles. The van der Waals surface area contributed by atoms with E-state index < -0.39 is 15.5 Å². The number of benzene rings is 1. The summed E-state index contributed by atoms with van der Waals surface area (Å²) in [7, 11) is -3.69. The van der Waals surface area contributed by atoms with Gasteiger partial charge in [0.2, 0.25) is 15.9 Å². The van der Waals surface area contributed by atoms with Crippen molar-refractivity contribution in [2.24, 2.45) is 0 Å². The third kappa shape index (κ3) is 3.82. The Morgan fingerprint density at radius 1 is 1.17 bits per heavy atom. The largest absolute Gasteiger partial charge is 0.466 e. The highest BCUT2D eigenvalue weighted by Gasteiger charge is 2.35. The molecular weight excluding hydrogens is 348 g/mol. The molecule has 1 aliphatic heterocycles. The summed E-state index contributed by atoms with van der Waals surface area (Å²) in [6.45, 7) is 3.72. The predicted octanol–water partition coefficient (Wildman–Crippen LogP) is 1.93. The molecule has 0 spiro atoms. The van der Waals surface area contributed by atoms with Gasteiger partial charge in [0.15, 0.2) is 0 Å². The van der Waals surface area contributed by atoms with Crippen LogP contribution >= 0.6 is 11.8 Å². The third-order valence-electron chi connectivity index (χ3n) is 3.64. The Kier molecular flexibility index (Phi) is 4.71. The highest BCUT2D eigenvalue weighted by atomic mass is 32.2. The van der Waals surface area contributed by atoms with Crippen LogP contribution in [0.1, 0.15) is 17.1 Å². The molecule has 1 aliphatic rings. The van der Waals surface area contributed by atoms with E-state index in [9.17, 15) is 13.2 Å². The number of rotatable bonds is 5. The second-order valence-corrected chi connectivity index (χ2v) is 8.69. The van der Waals surface area contributed by atoms with Gasteiger partial charge in [0, 0.05) is 6.42 Å². The fourth-order valence-corrected chi connectivity index (χ4v) is 4.92. The minimum Gasteiger partial charge on any atom is -0.466 e. The Balaban J connectivity index is 1.66. The first-order valence-corrected chi connectivity index (χ1v) is 9.86. The van der Waals surface area contributed by atoms with Crippen molar-refractivity contribution < 1.29 is 17.6 Å². The van der Waals surface area contributed by atoms with E-state index in [2.05, 4.69) is 10.0 Å². The summed E-state index contributed by atoms with van der Waals surface area (Å²) in [6, 6.07) is 10.2. The smallest absolute Gasteiger partial charge is 0.242 e. The number of hydrogen-bond acceptors (Lipinski definition) is 5. The lowest BCUT2D eigenvalue weighted by atomic mass is 10.2. The fourth-order valence-electron chi connectivity index (χ4n) is 2.38. The van der Waals surface area contributed by atoms with Gasteiger partial charge < -0.3 is 9.73 Å². The lowest BCUT2D eigenvalue weighted by Crippen LogP contribution is -2.41. The Morgan fingerprint density at radius 2 is 1.88 bits per heavy atom. The number of nitrogens with one attached hydrogen (secondary N) is 2. The van der Waals surface area contributed by atoms with Crippen molar-refractivity contribution in [3.8, 4) is 0 Å². The Morgan fingerprint density at radius 3 is 2.50 bits per heavy atom. The van der Waals surface area contributed by atoms with E-state index in [1.165, 1.54) is 11.8 Å². The number of aryl methyl sites for hydroxylation is 2. The van der Waals surface area contributed by atoms with Crippen molar-refractivity contribution in [1.29, 1.82) is 0 Å². The van der Waals surface area contributed by atoms with Crippen LogP contribution < -0.4 is 10.0 Å². The van der Waals surface area contributed by atoms with Gasteiger partial charge in [0.05, 0.1) is 10.1 Å². The highest BCUT2D eigenvalue weighted by molar-refractivity contribution is 8.02. The first kappa shape index (κ1) is 17.1. The summed E-state index contributed by atoms with van der Waals surface area (Å²) in [5.74, 6) is 1.29. The number of sulfonamides is 1. The molecule has 6 nitrogen and oxygen atoms in total. The van der Waals surface area contributed by atoms with Gasteiger partial charge in [0.25, 0.3) is 0 Å². The molecule has 1 saturated heterocycles. The molecule has 0 saturated carbocycles. The topological polar surface area (TPSA) is 88.4 Å². The van der Waals surface area contributed by atoms with Gasteiger partial charge >= 0.3 is 0 Å². The van der Waals surface area contributed by atoms with Crippen LogP contribution in [0, 0.1) is 13.8 Å². The molecule has 0 radical (unpaired) electrons. The van der Waals surface area contributed by atoms with E-state index in [1.807, 2.05) is 26.0 Å². The standard InChI is InChI=1S/C16H18N2O4S2/c1-10-3-7-13(8-4-10)24(20,21)18-16-17-15(19)14(23-16)9-12-6-5-11(2)22-12/h3-8,14,16,18H,9H2,1-2H3,(H,17,19). The Labute approximate surface area is 145 Å². The van der Waals surface area contributed by atoms with E-state index in [0.717, 1.165) is 11.3 Å². The Hall–Kier alpha value is -1.77. The van der Waals surface area contributed by atoms with Crippen molar-refractivity contribution in [2.75, 3.05) is 0 Å². The molecule has 0 bridgehead atoms. The SMILES string of the molecule is Cc1ccc(S(=O)(=O)NC2NC(=O)C(Cc3ccc(C)o3)S2)cc1. The minimum atomic E-state index is -3.69. The van der Waals surface area contributed by atoms with Gasteiger partial charge in [-0.2, -0.15) is 4.72 Å². The van der Waals surface area contributed by atoms with E-state index in [1.54, 1.807) is 24.3 Å². The summed E-state index contributed by atoms with van der Waals surface area (Å²) in [5.41, 5.74) is 0.288. The molecule has 2 unspecified atom stereocenters. The third-order valence-corrected chi connectivity index (χ3v) is 6.45. The van der Waals surface area contributed by atoms with Gasteiger partial charge in [-0.1, -0.05) is 17.7 Å². The molecule has 1 fully saturated rings. The van der Waals surface area contributed by atoms with Crippen LogP contribution in [-0.4, -0.2) is 25.1 Å². The first-order chi connectivity index (χ1) is 11.3. The van der Waals surface area contributed by atoms with Crippen molar-refractivity contribution >= 4 is 27.7 Å². The molecule has 128 valence electrons. The number of amides is 1. The van der Waals surface area contributed by atoms with Gasteiger partial charge in [-0.3, -0.25) is 4.79 Å². The molecule has 2 aromatic rings. The molecule has 1 aromatic carbocycles. The van der Waals surface area contributed by atoms with E-state index in [-0.39, 0.29) is 16.1 Å². The zero-order valence-electron chi connectivity index (χ0n) is 13.3. The van der Waals surface area contributed by atoms with Gasteiger partial charge in [-0.25, -0.2) is 8.42 Å². The summed E-state index contributed by atoms with van der Waals surface area (Å²) in [6.07, 6.45) is 0.424. The number of carbonyl (C=O) groups excluding carboxylic acids is 1. The average molecular weight is 366 g/mol. The average Bonchev–Trinajstić information content (AvgIpc) is 3.05. The van der Waals surface area contributed by atoms with Crippen LogP contribution in [0.25, 0.3) is 0 Å². The predicted molar refractivity (Wildman–Crippen MR) is 92.0 cm³/mol. The first-order valence-electron chi connectivity index (χ1n) is 7.44. The maximum absolute atomic E-state index is 12.4. The number of carbonyl (C=O) groups is 1. The van der Waals surface area contributed by atoms with Gasteiger partial charge in [-0.05, 0) is 38.1 Å². The second-order valence-electron chi connectivity index (χ2n) is 5.66. The van der Waals surface area contributed by atoms with Gasteiger partial charge in [0.1, 0.15) is 17.0 Å². The molecule has 2 atom stereocenters. The Bertz CT molecular complexity index is 843. The van der Waals surface area contributed by atoms with Crippen molar-refractivity contribution in [3.05, 3.63) is 53.5 Å². The number of thioether (sulfide) groups is 1. The lowest BCUT2D eigenvalue weighted by molar-refractivity contribution is -0.120. The quantitative estimate of drug-likeness (QED) is 0.844. The van der Waals surface area contributed by atoms with Crippen LogP contribution in [0.2, 0.25) is 0 Å². The lowest BCUT2D eigenvalue weighted by Gasteiger charge is -2.12. The minimum absolute atomic E-state index is 0.174. The normalized spacial score (nSPS) is 21.0. The monoisotopic (exact) mass is 366 g/mol. The molecule has 2 heterocycles. The van der Waals surface area contributed by atoms with Crippen LogP contribution in [0.5, 0.6) is 0 Å². The molecule has 24 heavy (non-hydrogen) atoms. The molecule has 0 aliphatic carbocycles. The zero-order valence-corrected chi connectivity index (χ0v) is 14.9. The molecule has 1 amide bonds. The highest BCUT2D eigenvalue weighted by Crippen LogP contribution is 2.27. The van der Waals surface area contributed by atoms with E-state index in [4.69, 9.17) is 4.42 Å². The van der Waals surface area contributed by atoms with Crippen molar-refractivity contribution in [2.45, 2.75) is 35.9 Å². The van der Waals surface area contributed by atoms with Crippen LogP contribution in [-0.2, 0) is 21.2 Å². The van der Waals surface area contributed by atoms with Crippen LogP contribution in [0.3, 0.4) is 0 Å². The molecule has 2 N–H and O–H groups in total. The summed E-state index contributed by atoms with van der Waals surface area (Å²) in [4.78, 5) is 12.2. The van der Waals surface area contributed by atoms with Crippen molar-refractivity contribution in [1.82, 2.24) is 10.0 Å². The summed E-state index contributed by atoms with van der Waals surface area (Å²) in [5, 5.41) is 2.27. The van der Waals surface area contributed by atoms with Gasteiger partial charge in [-0.15, -0.1) is 11.8 Å². The van der Waals surface area contributed by atoms with Crippen LogP contribution in [0.15, 0.2) is 45.7 Å². The summed E-state index contributed by atoms with van der Waals surface area (Å²) >= 11 is 1.24. The zero-order chi connectivity index (χ0) is 17.3. The fraction of sp³-hybridized carbons (Fsp3) is 0.312. The molecule has 8 heteroatoms. The summed E-state index contributed by atoms with van der Waals surface area (Å²) < 4.78 is 32.8. The maximum Gasteiger partial charge on any atom is 0.242 e. The molecular formula is C16H18N2O4S2.